The molecule has 3 nitrogen and oxygen atoms in total. The number of aliphatic carboxylic acids is 1. The Labute approximate surface area is 72.7 Å². The van der Waals surface area contributed by atoms with Gasteiger partial charge in [0.05, 0.1) is 12.5 Å². The van der Waals surface area contributed by atoms with Crippen LogP contribution in [-0.2, 0) is 4.79 Å². The maximum absolute atomic E-state index is 10.2. The Bertz CT molecular complexity index is 163. The minimum atomic E-state index is -0.949. The monoisotopic (exact) mass is 172 g/mol. The summed E-state index contributed by atoms with van der Waals surface area (Å²) in [6, 6.07) is 0. The third-order valence-corrected chi connectivity index (χ3v) is 1.78. The molecule has 12 heavy (non-hydrogen) atoms. The normalized spacial score (nSPS) is 16.2. The maximum atomic E-state index is 10.2. The van der Waals surface area contributed by atoms with Crippen molar-refractivity contribution in [3.05, 3.63) is 12.2 Å². The van der Waals surface area contributed by atoms with Crippen LogP contribution in [0.15, 0.2) is 12.2 Å². The summed E-state index contributed by atoms with van der Waals surface area (Å²) in [6.45, 7) is 3.74. The Hall–Kier alpha value is -0.830. The molecule has 0 bridgehead atoms. The zero-order valence-electron chi connectivity index (χ0n) is 7.53. The van der Waals surface area contributed by atoms with Gasteiger partial charge in [0.1, 0.15) is 0 Å². The smallest absolute Gasteiger partial charge is 0.305 e. The number of carboxylic acids is 1. The molecule has 0 unspecified atom stereocenters. The summed E-state index contributed by atoms with van der Waals surface area (Å²) < 4.78 is 0. The third-order valence-electron chi connectivity index (χ3n) is 1.78. The van der Waals surface area contributed by atoms with Crippen molar-refractivity contribution in [2.75, 3.05) is 0 Å². The second-order valence-corrected chi connectivity index (χ2v) is 2.95. The predicted molar refractivity (Wildman–Crippen MR) is 46.9 cm³/mol. The third kappa shape index (κ3) is 4.91. The molecule has 0 saturated carbocycles. The average molecular weight is 172 g/mol. The van der Waals surface area contributed by atoms with Gasteiger partial charge in [-0.05, 0) is 19.3 Å². The molecular formula is C9H16O3. The summed E-state index contributed by atoms with van der Waals surface area (Å²) >= 11 is 0. The highest BCUT2D eigenvalue weighted by molar-refractivity contribution is 5.67. The van der Waals surface area contributed by atoms with Crippen LogP contribution in [-0.4, -0.2) is 22.3 Å². The van der Waals surface area contributed by atoms with Crippen molar-refractivity contribution in [3.8, 4) is 0 Å². The molecule has 70 valence electrons. The fourth-order valence-corrected chi connectivity index (χ4v) is 0.888. The van der Waals surface area contributed by atoms with Crippen LogP contribution in [0.25, 0.3) is 0 Å². The van der Waals surface area contributed by atoms with Crippen molar-refractivity contribution < 1.29 is 15.0 Å². The number of aliphatic hydroxyl groups excluding tert-OH is 1. The van der Waals surface area contributed by atoms with Gasteiger partial charge in [-0.25, -0.2) is 0 Å². The van der Waals surface area contributed by atoms with E-state index in [1.807, 2.05) is 26.0 Å². The predicted octanol–water partition coefficient (Wildman–Crippen LogP) is 1.42. The Kier molecular flexibility index (Phi) is 5.37. The fraction of sp³-hybridized carbons (Fsp3) is 0.667. The van der Waals surface area contributed by atoms with Gasteiger partial charge in [0.2, 0.25) is 0 Å². The lowest BCUT2D eigenvalue weighted by atomic mass is 9.98. The first-order chi connectivity index (χ1) is 5.57. The molecular weight excluding hydrogens is 156 g/mol. The van der Waals surface area contributed by atoms with E-state index in [1.165, 1.54) is 0 Å². The molecule has 0 aliphatic rings. The summed E-state index contributed by atoms with van der Waals surface area (Å²) in [4.78, 5) is 10.2. The zero-order chi connectivity index (χ0) is 9.56. The first-order valence-electron chi connectivity index (χ1n) is 4.09. The standard InChI is InChI=1S/C9H16O3/c1-3-4-5-7(2)8(10)6-9(11)12/h3-4,7-8,10H,5-6H2,1-2H3,(H,11,12)/t7-,8-/m1/s1. The largest absolute Gasteiger partial charge is 0.481 e. The van der Waals surface area contributed by atoms with Crippen LogP contribution in [0.3, 0.4) is 0 Å². The fourth-order valence-electron chi connectivity index (χ4n) is 0.888. The number of rotatable bonds is 5. The number of carboxylic acid groups (broad SMARTS) is 1. The van der Waals surface area contributed by atoms with Gasteiger partial charge in [0, 0.05) is 0 Å². The average Bonchev–Trinajstić information content (AvgIpc) is 1.98. The van der Waals surface area contributed by atoms with E-state index in [-0.39, 0.29) is 12.3 Å². The van der Waals surface area contributed by atoms with E-state index < -0.39 is 12.1 Å². The first kappa shape index (κ1) is 11.2. The van der Waals surface area contributed by atoms with Crippen LogP contribution in [0.4, 0.5) is 0 Å². The maximum Gasteiger partial charge on any atom is 0.305 e. The molecule has 0 aromatic rings. The van der Waals surface area contributed by atoms with Gasteiger partial charge in [-0.3, -0.25) is 4.79 Å². The van der Waals surface area contributed by atoms with E-state index in [0.29, 0.717) is 0 Å². The van der Waals surface area contributed by atoms with E-state index >= 15 is 0 Å². The molecule has 2 atom stereocenters. The van der Waals surface area contributed by atoms with Crippen LogP contribution in [0.2, 0.25) is 0 Å². The van der Waals surface area contributed by atoms with Crippen LogP contribution in [0.1, 0.15) is 26.7 Å². The minimum absolute atomic E-state index is 0.0114. The highest BCUT2D eigenvalue weighted by Crippen LogP contribution is 2.11. The summed E-state index contributed by atoms with van der Waals surface area (Å²) in [5, 5.41) is 17.7. The Morgan fingerprint density at radius 3 is 2.58 bits per heavy atom. The topological polar surface area (TPSA) is 57.5 Å². The van der Waals surface area contributed by atoms with Crippen LogP contribution < -0.4 is 0 Å². The van der Waals surface area contributed by atoms with Gasteiger partial charge in [0.25, 0.3) is 0 Å². The van der Waals surface area contributed by atoms with E-state index in [2.05, 4.69) is 0 Å². The molecule has 0 heterocycles. The zero-order valence-corrected chi connectivity index (χ0v) is 7.53. The van der Waals surface area contributed by atoms with Crippen molar-refractivity contribution in [1.82, 2.24) is 0 Å². The minimum Gasteiger partial charge on any atom is -0.481 e. The molecule has 0 radical (unpaired) electrons. The van der Waals surface area contributed by atoms with Crippen LogP contribution in [0, 0.1) is 5.92 Å². The summed E-state index contributed by atoms with van der Waals surface area (Å²) in [6.07, 6.45) is 3.64. The Morgan fingerprint density at radius 2 is 2.17 bits per heavy atom. The number of aliphatic hydroxyl groups is 1. The van der Waals surface area contributed by atoms with Crippen molar-refractivity contribution in [3.63, 3.8) is 0 Å². The van der Waals surface area contributed by atoms with Gasteiger partial charge >= 0.3 is 5.97 Å². The molecule has 0 fully saturated rings. The van der Waals surface area contributed by atoms with Crippen molar-refractivity contribution in [2.24, 2.45) is 5.92 Å². The second kappa shape index (κ2) is 5.77. The van der Waals surface area contributed by atoms with Gasteiger partial charge < -0.3 is 10.2 Å². The second-order valence-electron chi connectivity index (χ2n) is 2.95. The van der Waals surface area contributed by atoms with Crippen molar-refractivity contribution in [1.29, 1.82) is 0 Å². The SMILES string of the molecule is CC=CC[C@@H](C)[C@H](O)CC(=O)O. The summed E-state index contributed by atoms with van der Waals surface area (Å²) in [5.74, 6) is -0.938. The summed E-state index contributed by atoms with van der Waals surface area (Å²) in [5.41, 5.74) is 0. The number of hydrogen-bond donors (Lipinski definition) is 2. The molecule has 0 aromatic carbocycles. The quantitative estimate of drug-likeness (QED) is 0.617. The molecule has 0 aliphatic carbocycles. The van der Waals surface area contributed by atoms with Gasteiger partial charge in [-0.15, -0.1) is 0 Å². The molecule has 0 saturated heterocycles. The Balaban J connectivity index is 3.75. The first-order valence-corrected chi connectivity index (χ1v) is 4.09. The molecule has 2 N–H and O–H groups in total. The number of hydrogen-bond acceptors (Lipinski definition) is 2. The Morgan fingerprint density at radius 1 is 1.58 bits per heavy atom. The van der Waals surface area contributed by atoms with Gasteiger partial charge in [0.15, 0.2) is 0 Å². The molecule has 0 aromatic heterocycles. The number of carbonyl (C=O) groups is 1. The lowest BCUT2D eigenvalue weighted by Crippen LogP contribution is -2.20. The lowest BCUT2D eigenvalue weighted by Gasteiger charge is -2.14. The van der Waals surface area contributed by atoms with E-state index in [1.54, 1.807) is 0 Å². The lowest BCUT2D eigenvalue weighted by molar-refractivity contribution is -0.139. The van der Waals surface area contributed by atoms with Gasteiger partial charge in [-0.2, -0.15) is 0 Å². The van der Waals surface area contributed by atoms with Gasteiger partial charge in [-0.1, -0.05) is 19.1 Å². The molecule has 0 spiro atoms. The summed E-state index contributed by atoms with van der Waals surface area (Å²) in [7, 11) is 0. The highest BCUT2D eigenvalue weighted by Gasteiger charge is 2.15. The van der Waals surface area contributed by atoms with Crippen LogP contribution in [0.5, 0.6) is 0 Å². The van der Waals surface area contributed by atoms with Crippen molar-refractivity contribution >= 4 is 5.97 Å². The number of allylic oxidation sites excluding steroid dienone is 2. The highest BCUT2D eigenvalue weighted by atomic mass is 16.4. The van der Waals surface area contributed by atoms with E-state index in [9.17, 15) is 9.90 Å². The molecule has 0 aliphatic heterocycles. The van der Waals surface area contributed by atoms with E-state index in [4.69, 9.17) is 5.11 Å². The van der Waals surface area contributed by atoms with Crippen LogP contribution >= 0.6 is 0 Å². The molecule has 0 amide bonds. The van der Waals surface area contributed by atoms with Crippen molar-refractivity contribution in [2.45, 2.75) is 32.8 Å². The van der Waals surface area contributed by atoms with E-state index in [0.717, 1.165) is 6.42 Å². The molecule has 3 heteroatoms. The molecule has 0 rings (SSSR count).